The first-order chi connectivity index (χ1) is 13.6. The van der Waals surface area contributed by atoms with E-state index in [2.05, 4.69) is 45.4 Å². The van der Waals surface area contributed by atoms with Gasteiger partial charge in [-0.15, -0.1) is 0 Å². The Bertz CT molecular complexity index is 807. The van der Waals surface area contributed by atoms with Crippen LogP contribution in [0.4, 0.5) is 17.3 Å². The number of hydrogen-bond donors (Lipinski definition) is 2. The molecule has 0 saturated carbocycles. The SMILES string of the molecule is CCNc1cc(N2CCC[C@H](CCC(=O)Nc3cccc(C)c3C)C2)ncn1. The largest absolute Gasteiger partial charge is 0.370 e. The Morgan fingerprint density at radius 1 is 1.29 bits per heavy atom. The Morgan fingerprint density at radius 2 is 2.14 bits per heavy atom. The van der Waals surface area contributed by atoms with Gasteiger partial charge < -0.3 is 15.5 Å². The van der Waals surface area contributed by atoms with Gasteiger partial charge in [0.05, 0.1) is 0 Å². The molecule has 1 saturated heterocycles. The van der Waals surface area contributed by atoms with Crippen LogP contribution in [0.5, 0.6) is 0 Å². The van der Waals surface area contributed by atoms with Crippen molar-refractivity contribution in [3.63, 3.8) is 0 Å². The molecule has 2 N–H and O–H groups in total. The van der Waals surface area contributed by atoms with Crippen LogP contribution in [-0.2, 0) is 4.79 Å². The maximum atomic E-state index is 12.4. The Labute approximate surface area is 167 Å². The highest BCUT2D eigenvalue weighted by Crippen LogP contribution is 2.26. The lowest BCUT2D eigenvalue weighted by Gasteiger charge is -2.33. The average Bonchev–Trinajstić information content (AvgIpc) is 2.71. The second-order valence-corrected chi connectivity index (χ2v) is 7.58. The summed E-state index contributed by atoms with van der Waals surface area (Å²) in [6.45, 7) is 8.97. The third-order valence-electron chi connectivity index (χ3n) is 5.51. The van der Waals surface area contributed by atoms with Gasteiger partial charge in [-0.1, -0.05) is 12.1 Å². The molecule has 1 aliphatic rings. The van der Waals surface area contributed by atoms with Crippen LogP contribution in [0.3, 0.4) is 0 Å². The molecule has 6 nitrogen and oxygen atoms in total. The number of aromatic nitrogens is 2. The number of carbonyl (C=O) groups is 1. The van der Waals surface area contributed by atoms with Crippen molar-refractivity contribution < 1.29 is 4.79 Å². The highest BCUT2D eigenvalue weighted by Gasteiger charge is 2.22. The van der Waals surface area contributed by atoms with Crippen molar-refractivity contribution >= 4 is 23.2 Å². The number of nitrogens with zero attached hydrogens (tertiary/aromatic N) is 3. The standard InChI is InChI=1S/C22H31N5O/c1-4-23-20-13-21(25-15-24-20)27-12-6-8-18(14-27)10-11-22(28)26-19-9-5-7-16(2)17(19)3/h5,7,9,13,15,18H,4,6,8,10-12,14H2,1-3H3,(H,26,28)(H,23,24,25)/t18-/m1/s1. The van der Waals surface area contributed by atoms with Crippen molar-refractivity contribution in [1.29, 1.82) is 0 Å². The van der Waals surface area contributed by atoms with Crippen LogP contribution in [0.15, 0.2) is 30.6 Å². The first-order valence-corrected chi connectivity index (χ1v) is 10.2. The van der Waals surface area contributed by atoms with Gasteiger partial charge in [0.1, 0.15) is 18.0 Å². The minimum Gasteiger partial charge on any atom is -0.370 e. The molecule has 2 heterocycles. The summed E-state index contributed by atoms with van der Waals surface area (Å²) < 4.78 is 0. The summed E-state index contributed by atoms with van der Waals surface area (Å²) in [7, 11) is 0. The molecule has 0 spiro atoms. The topological polar surface area (TPSA) is 70.2 Å². The van der Waals surface area contributed by atoms with E-state index in [9.17, 15) is 4.79 Å². The van der Waals surface area contributed by atoms with Crippen LogP contribution in [0, 0.1) is 19.8 Å². The number of carbonyl (C=O) groups excluding carboxylic acids is 1. The maximum Gasteiger partial charge on any atom is 0.224 e. The van der Waals surface area contributed by atoms with E-state index < -0.39 is 0 Å². The van der Waals surface area contributed by atoms with Crippen LogP contribution in [0.1, 0.15) is 43.7 Å². The van der Waals surface area contributed by atoms with Gasteiger partial charge in [0.15, 0.2) is 0 Å². The molecule has 0 radical (unpaired) electrons. The van der Waals surface area contributed by atoms with Crippen molar-refractivity contribution in [2.24, 2.45) is 5.92 Å². The maximum absolute atomic E-state index is 12.4. The van der Waals surface area contributed by atoms with E-state index in [4.69, 9.17) is 0 Å². The molecule has 0 unspecified atom stereocenters. The highest BCUT2D eigenvalue weighted by atomic mass is 16.1. The van der Waals surface area contributed by atoms with Gasteiger partial charge in [-0.25, -0.2) is 9.97 Å². The summed E-state index contributed by atoms with van der Waals surface area (Å²) >= 11 is 0. The molecule has 1 aromatic heterocycles. The fourth-order valence-corrected chi connectivity index (χ4v) is 3.74. The number of anilines is 3. The molecule has 1 fully saturated rings. The van der Waals surface area contributed by atoms with Gasteiger partial charge >= 0.3 is 0 Å². The molecule has 1 atom stereocenters. The van der Waals surface area contributed by atoms with Crippen molar-refractivity contribution in [1.82, 2.24) is 9.97 Å². The van der Waals surface area contributed by atoms with Crippen LogP contribution < -0.4 is 15.5 Å². The van der Waals surface area contributed by atoms with Crippen molar-refractivity contribution in [3.8, 4) is 0 Å². The number of hydrogen-bond acceptors (Lipinski definition) is 5. The lowest BCUT2D eigenvalue weighted by molar-refractivity contribution is -0.116. The van der Waals surface area contributed by atoms with E-state index in [0.29, 0.717) is 12.3 Å². The minimum absolute atomic E-state index is 0.0993. The van der Waals surface area contributed by atoms with E-state index in [1.807, 2.05) is 25.1 Å². The summed E-state index contributed by atoms with van der Waals surface area (Å²) in [5, 5.41) is 6.31. The normalized spacial score (nSPS) is 16.7. The summed E-state index contributed by atoms with van der Waals surface area (Å²) in [4.78, 5) is 23.4. The van der Waals surface area contributed by atoms with Crippen molar-refractivity contribution in [2.75, 3.05) is 35.2 Å². The van der Waals surface area contributed by atoms with E-state index in [1.54, 1.807) is 6.33 Å². The molecule has 1 aromatic carbocycles. The Hall–Kier alpha value is -2.63. The molecule has 6 heteroatoms. The summed E-state index contributed by atoms with van der Waals surface area (Å²) in [5.74, 6) is 2.44. The number of benzene rings is 1. The molecule has 1 aliphatic heterocycles. The predicted octanol–water partition coefficient (Wildman–Crippen LogP) is 4.16. The Balaban J connectivity index is 1.53. The van der Waals surface area contributed by atoms with Gasteiger partial charge in [0.25, 0.3) is 0 Å². The highest BCUT2D eigenvalue weighted by molar-refractivity contribution is 5.91. The van der Waals surface area contributed by atoms with E-state index >= 15 is 0 Å². The lowest BCUT2D eigenvalue weighted by atomic mass is 9.93. The molecular formula is C22H31N5O. The molecular weight excluding hydrogens is 350 g/mol. The summed E-state index contributed by atoms with van der Waals surface area (Å²) in [5.41, 5.74) is 3.26. The van der Waals surface area contributed by atoms with Crippen LogP contribution in [0.25, 0.3) is 0 Å². The van der Waals surface area contributed by atoms with E-state index in [-0.39, 0.29) is 5.91 Å². The predicted molar refractivity (Wildman–Crippen MR) is 115 cm³/mol. The van der Waals surface area contributed by atoms with E-state index in [0.717, 1.165) is 55.4 Å². The molecule has 0 aliphatic carbocycles. The van der Waals surface area contributed by atoms with Gasteiger partial charge in [-0.2, -0.15) is 0 Å². The van der Waals surface area contributed by atoms with Gasteiger partial charge in [-0.05, 0) is 63.1 Å². The van der Waals surface area contributed by atoms with Crippen molar-refractivity contribution in [2.45, 2.75) is 46.5 Å². The zero-order valence-electron chi connectivity index (χ0n) is 17.2. The number of rotatable bonds is 7. The number of amides is 1. The monoisotopic (exact) mass is 381 g/mol. The number of aryl methyl sites for hydroxylation is 1. The molecule has 3 rings (SSSR count). The van der Waals surface area contributed by atoms with Crippen LogP contribution in [0.2, 0.25) is 0 Å². The average molecular weight is 382 g/mol. The number of nitrogens with one attached hydrogen (secondary N) is 2. The lowest BCUT2D eigenvalue weighted by Crippen LogP contribution is -2.36. The fourth-order valence-electron chi connectivity index (χ4n) is 3.74. The summed E-state index contributed by atoms with van der Waals surface area (Å²) in [6, 6.07) is 8.04. The Morgan fingerprint density at radius 3 is 2.96 bits per heavy atom. The first kappa shape index (κ1) is 20.1. The van der Waals surface area contributed by atoms with Crippen LogP contribution in [-0.4, -0.2) is 35.5 Å². The molecule has 0 bridgehead atoms. The quantitative estimate of drug-likeness (QED) is 0.754. The second-order valence-electron chi connectivity index (χ2n) is 7.58. The zero-order valence-corrected chi connectivity index (χ0v) is 17.2. The first-order valence-electron chi connectivity index (χ1n) is 10.2. The smallest absolute Gasteiger partial charge is 0.224 e. The van der Waals surface area contributed by atoms with Crippen LogP contribution >= 0.6 is 0 Å². The van der Waals surface area contributed by atoms with Crippen molar-refractivity contribution in [3.05, 3.63) is 41.7 Å². The van der Waals surface area contributed by atoms with Gasteiger partial charge in [0.2, 0.25) is 5.91 Å². The second kappa shape index (κ2) is 9.53. The molecule has 1 amide bonds. The van der Waals surface area contributed by atoms with Gasteiger partial charge in [-0.3, -0.25) is 4.79 Å². The molecule has 28 heavy (non-hydrogen) atoms. The third kappa shape index (κ3) is 5.21. The van der Waals surface area contributed by atoms with E-state index in [1.165, 1.54) is 12.0 Å². The molecule has 150 valence electrons. The Kier molecular flexibility index (Phi) is 6.85. The third-order valence-corrected chi connectivity index (χ3v) is 5.51. The fraction of sp³-hybridized carbons (Fsp3) is 0.500. The number of piperidine rings is 1. The van der Waals surface area contributed by atoms with Gasteiger partial charge in [0, 0.05) is 37.8 Å². The zero-order chi connectivity index (χ0) is 19.9. The molecule has 2 aromatic rings. The summed E-state index contributed by atoms with van der Waals surface area (Å²) in [6.07, 6.45) is 5.37. The minimum atomic E-state index is 0.0993.